The van der Waals surface area contributed by atoms with Crippen molar-refractivity contribution in [3.63, 3.8) is 0 Å². The summed E-state index contributed by atoms with van der Waals surface area (Å²) in [6.45, 7) is 0.187. The molecule has 0 aliphatic heterocycles. The Hall–Kier alpha value is -3.55. The second kappa shape index (κ2) is 6.69. The summed E-state index contributed by atoms with van der Waals surface area (Å²) >= 11 is 0. The summed E-state index contributed by atoms with van der Waals surface area (Å²) in [6.07, 6.45) is 3.17. The number of nitrogens with one attached hydrogen (secondary N) is 1. The van der Waals surface area contributed by atoms with E-state index < -0.39 is 4.92 Å². The molecule has 1 amide bonds. The first-order valence-electron chi connectivity index (χ1n) is 7.12. The van der Waals surface area contributed by atoms with Crippen LogP contribution in [0.25, 0.3) is 5.69 Å². The zero-order valence-corrected chi connectivity index (χ0v) is 12.5. The van der Waals surface area contributed by atoms with Gasteiger partial charge in [0.2, 0.25) is 0 Å². The van der Waals surface area contributed by atoms with E-state index in [9.17, 15) is 14.9 Å². The van der Waals surface area contributed by atoms with Crippen molar-refractivity contribution < 1.29 is 9.72 Å². The minimum atomic E-state index is -0.467. The average Bonchev–Trinajstić information content (AvgIpc) is 3.14. The SMILES string of the molecule is O=C(NCc1cccc([N+](=O)[O-])c1)c1ccccc1-n1ccnn1. The Bertz CT molecular complexity index is 877. The third-order valence-electron chi connectivity index (χ3n) is 3.39. The van der Waals surface area contributed by atoms with Gasteiger partial charge in [0.15, 0.2) is 0 Å². The van der Waals surface area contributed by atoms with Gasteiger partial charge in [-0.05, 0) is 17.7 Å². The zero-order valence-electron chi connectivity index (χ0n) is 12.5. The van der Waals surface area contributed by atoms with E-state index in [1.807, 2.05) is 0 Å². The highest BCUT2D eigenvalue weighted by atomic mass is 16.6. The van der Waals surface area contributed by atoms with Crippen LogP contribution in [0.15, 0.2) is 60.9 Å². The largest absolute Gasteiger partial charge is 0.348 e. The Morgan fingerprint density at radius 2 is 2.04 bits per heavy atom. The van der Waals surface area contributed by atoms with Gasteiger partial charge in [-0.25, -0.2) is 4.68 Å². The third kappa shape index (κ3) is 3.27. The molecule has 0 spiro atoms. The second-order valence-electron chi connectivity index (χ2n) is 4.97. The molecule has 1 heterocycles. The lowest BCUT2D eigenvalue weighted by molar-refractivity contribution is -0.384. The van der Waals surface area contributed by atoms with E-state index in [4.69, 9.17) is 0 Å². The van der Waals surface area contributed by atoms with Crippen molar-refractivity contribution >= 4 is 11.6 Å². The van der Waals surface area contributed by atoms with E-state index in [0.717, 1.165) is 0 Å². The lowest BCUT2D eigenvalue weighted by Gasteiger charge is -2.09. The molecule has 3 rings (SSSR count). The van der Waals surface area contributed by atoms with Crippen LogP contribution < -0.4 is 5.32 Å². The molecule has 0 aliphatic rings. The fraction of sp³-hybridized carbons (Fsp3) is 0.0625. The van der Waals surface area contributed by atoms with E-state index >= 15 is 0 Å². The van der Waals surface area contributed by atoms with Gasteiger partial charge in [0.1, 0.15) is 0 Å². The second-order valence-corrected chi connectivity index (χ2v) is 4.97. The van der Waals surface area contributed by atoms with Gasteiger partial charge < -0.3 is 5.32 Å². The van der Waals surface area contributed by atoms with Crippen LogP contribution in [0.1, 0.15) is 15.9 Å². The maximum atomic E-state index is 12.4. The van der Waals surface area contributed by atoms with E-state index in [0.29, 0.717) is 16.8 Å². The Morgan fingerprint density at radius 3 is 2.79 bits per heavy atom. The summed E-state index contributed by atoms with van der Waals surface area (Å²) in [5.41, 5.74) is 1.68. The molecule has 0 unspecified atom stereocenters. The molecule has 0 atom stereocenters. The van der Waals surface area contributed by atoms with E-state index in [1.165, 1.54) is 23.0 Å². The van der Waals surface area contributed by atoms with Gasteiger partial charge in [0.25, 0.3) is 11.6 Å². The predicted octanol–water partition coefficient (Wildman–Crippen LogP) is 2.11. The van der Waals surface area contributed by atoms with Gasteiger partial charge in [0.05, 0.1) is 28.6 Å². The van der Waals surface area contributed by atoms with E-state index in [-0.39, 0.29) is 18.1 Å². The molecule has 0 radical (unpaired) electrons. The highest BCUT2D eigenvalue weighted by molar-refractivity contribution is 5.97. The first-order valence-corrected chi connectivity index (χ1v) is 7.12. The van der Waals surface area contributed by atoms with Gasteiger partial charge in [-0.1, -0.05) is 29.5 Å². The molecule has 3 aromatic rings. The number of aromatic nitrogens is 3. The molecule has 0 saturated carbocycles. The van der Waals surface area contributed by atoms with Crippen molar-refractivity contribution in [2.75, 3.05) is 0 Å². The van der Waals surface area contributed by atoms with Crippen LogP contribution in [-0.2, 0) is 6.54 Å². The lowest BCUT2D eigenvalue weighted by atomic mass is 10.1. The van der Waals surface area contributed by atoms with Crippen LogP contribution >= 0.6 is 0 Å². The molecule has 8 heteroatoms. The highest BCUT2D eigenvalue weighted by Crippen LogP contribution is 2.15. The Kier molecular flexibility index (Phi) is 4.28. The zero-order chi connectivity index (χ0) is 16.9. The fourth-order valence-electron chi connectivity index (χ4n) is 2.26. The maximum Gasteiger partial charge on any atom is 0.269 e. The summed E-state index contributed by atoms with van der Waals surface area (Å²) < 4.78 is 1.50. The molecule has 0 saturated heterocycles. The number of carbonyl (C=O) groups excluding carboxylic acids is 1. The number of rotatable bonds is 5. The molecule has 0 bridgehead atoms. The van der Waals surface area contributed by atoms with Crippen LogP contribution in [0.2, 0.25) is 0 Å². The number of nitrogens with zero attached hydrogens (tertiary/aromatic N) is 4. The van der Waals surface area contributed by atoms with Crippen molar-refractivity contribution in [2.24, 2.45) is 0 Å². The fourth-order valence-corrected chi connectivity index (χ4v) is 2.26. The molecular formula is C16H13N5O3. The van der Waals surface area contributed by atoms with Crippen LogP contribution in [0, 0.1) is 10.1 Å². The first kappa shape index (κ1) is 15.3. The number of para-hydroxylation sites is 1. The van der Waals surface area contributed by atoms with E-state index in [1.54, 1.807) is 42.6 Å². The Balaban J connectivity index is 1.77. The Labute approximate surface area is 136 Å². The van der Waals surface area contributed by atoms with Crippen molar-refractivity contribution in [1.82, 2.24) is 20.3 Å². The van der Waals surface area contributed by atoms with Crippen molar-refractivity contribution in [1.29, 1.82) is 0 Å². The standard InChI is InChI=1S/C16H13N5O3/c22-16(17-11-12-4-3-5-13(10-12)21(23)24)14-6-1-2-7-15(14)20-9-8-18-19-20/h1-10H,11H2,(H,17,22). The van der Waals surface area contributed by atoms with Crippen LogP contribution in [-0.4, -0.2) is 25.8 Å². The molecule has 8 nitrogen and oxygen atoms in total. The van der Waals surface area contributed by atoms with E-state index in [2.05, 4.69) is 15.6 Å². The normalized spacial score (nSPS) is 10.3. The number of amides is 1. The highest BCUT2D eigenvalue weighted by Gasteiger charge is 2.13. The summed E-state index contributed by atoms with van der Waals surface area (Å²) in [4.78, 5) is 22.8. The molecular weight excluding hydrogens is 310 g/mol. The molecule has 24 heavy (non-hydrogen) atoms. The molecule has 120 valence electrons. The van der Waals surface area contributed by atoms with Gasteiger partial charge in [-0.3, -0.25) is 14.9 Å². The van der Waals surface area contributed by atoms with Crippen molar-refractivity contribution in [3.8, 4) is 5.69 Å². The number of hydrogen-bond donors (Lipinski definition) is 1. The first-order chi connectivity index (χ1) is 11.6. The molecule has 0 fully saturated rings. The summed E-state index contributed by atoms with van der Waals surface area (Å²) in [5.74, 6) is -0.299. The van der Waals surface area contributed by atoms with Crippen molar-refractivity contribution in [2.45, 2.75) is 6.54 Å². The lowest BCUT2D eigenvalue weighted by Crippen LogP contribution is -2.24. The molecule has 0 aliphatic carbocycles. The molecule has 1 N–H and O–H groups in total. The number of non-ortho nitro benzene ring substituents is 1. The average molecular weight is 323 g/mol. The van der Waals surface area contributed by atoms with Crippen LogP contribution in [0.5, 0.6) is 0 Å². The number of nitro benzene ring substituents is 1. The monoisotopic (exact) mass is 323 g/mol. The Morgan fingerprint density at radius 1 is 1.21 bits per heavy atom. The van der Waals surface area contributed by atoms with Gasteiger partial charge in [0, 0.05) is 18.7 Å². The summed E-state index contributed by atoms with van der Waals surface area (Å²) in [5, 5.41) is 21.2. The quantitative estimate of drug-likeness (QED) is 0.572. The third-order valence-corrected chi connectivity index (χ3v) is 3.39. The van der Waals surface area contributed by atoms with Gasteiger partial charge in [-0.15, -0.1) is 5.10 Å². The van der Waals surface area contributed by atoms with Crippen molar-refractivity contribution in [3.05, 3.63) is 82.2 Å². The number of nitro groups is 1. The topological polar surface area (TPSA) is 103 Å². The molecule has 2 aromatic carbocycles. The maximum absolute atomic E-state index is 12.4. The smallest absolute Gasteiger partial charge is 0.269 e. The number of benzene rings is 2. The summed E-state index contributed by atoms with van der Waals surface area (Å²) in [6, 6.07) is 13.1. The summed E-state index contributed by atoms with van der Waals surface area (Å²) in [7, 11) is 0. The minimum absolute atomic E-state index is 0.00948. The van der Waals surface area contributed by atoms with Gasteiger partial charge in [-0.2, -0.15) is 0 Å². The minimum Gasteiger partial charge on any atom is -0.348 e. The van der Waals surface area contributed by atoms with Crippen LogP contribution in [0.4, 0.5) is 5.69 Å². The predicted molar refractivity (Wildman–Crippen MR) is 85.6 cm³/mol. The number of hydrogen-bond acceptors (Lipinski definition) is 5. The van der Waals surface area contributed by atoms with Crippen LogP contribution in [0.3, 0.4) is 0 Å². The number of carbonyl (C=O) groups is 1. The molecule has 1 aromatic heterocycles. The van der Waals surface area contributed by atoms with Gasteiger partial charge >= 0.3 is 0 Å².